The molecule has 28 heavy (non-hydrogen) atoms. The van der Waals surface area contributed by atoms with Gasteiger partial charge >= 0.3 is 0 Å². The maximum atomic E-state index is 12.8. The average molecular weight is 386 g/mol. The summed E-state index contributed by atoms with van der Waals surface area (Å²) in [5.41, 5.74) is 0.302. The highest BCUT2D eigenvalue weighted by atomic mass is 16.5. The molecule has 0 aromatic carbocycles. The third kappa shape index (κ3) is 2.94. The first kappa shape index (κ1) is 18.2. The summed E-state index contributed by atoms with van der Waals surface area (Å²) in [6.07, 6.45) is 3.98. The number of hydrogen-bond acceptors (Lipinski definition) is 6. The van der Waals surface area contributed by atoms with Gasteiger partial charge < -0.3 is 19.2 Å². The van der Waals surface area contributed by atoms with Crippen LogP contribution in [0, 0.1) is 6.92 Å². The van der Waals surface area contributed by atoms with Crippen LogP contribution >= 0.6 is 0 Å². The van der Waals surface area contributed by atoms with Gasteiger partial charge in [-0.1, -0.05) is 5.16 Å². The lowest BCUT2D eigenvalue weighted by Crippen LogP contribution is -2.67. The van der Waals surface area contributed by atoms with E-state index in [1.165, 1.54) is 6.92 Å². The zero-order valence-corrected chi connectivity index (χ0v) is 16.1. The van der Waals surface area contributed by atoms with Gasteiger partial charge in [-0.2, -0.15) is 5.10 Å². The quantitative estimate of drug-likeness (QED) is 0.730. The molecule has 0 bridgehead atoms. The lowest BCUT2D eigenvalue weighted by molar-refractivity contribution is -0.142. The topological polar surface area (TPSA) is 105 Å². The maximum absolute atomic E-state index is 12.8. The van der Waals surface area contributed by atoms with Gasteiger partial charge in [0, 0.05) is 39.3 Å². The average Bonchev–Trinajstić information content (AvgIpc) is 3.37. The van der Waals surface area contributed by atoms with Crippen LogP contribution < -0.4 is 4.90 Å². The molecule has 1 unspecified atom stereocenters. The maximum Gasteiger partial charge on any atom is 0.276 e. The van der Waals surface area contributed by atoms with Gasteiger partial charge in [0.05, 0.1) is 24.0 Å². The second-order valence-electron chi connectivity index (χ2n) is 7.48. The van der Waals surface area contributed by atoms with E-state index in [0.717, 1.165) is 0 Å². The molecule has 10 nitrogen and oxygen atoms in total. The molecule has 0 radical (unpaired) electrons. The Hall–Kier alpha value is -3.17. The van der Waals surface area contributed by atoms with Crippen LogP contribution in [-0.2, 0) is 16.6 Å². The predicted octanol–water partition coefficient (Wildman–Crippen LogP) is 0.197. The van der Waals surface area contributed by atoms with Crippen molar-refractivity contribution in [3.63, 3.8) is 0 Å². The molecule has 2 aromatic heterocycles. The number of amides is 3. The van der Waals surface area contributed by atoms with Crippen molar-refractivity contribution in [1.29, 1.82) is 0 Å². The third-order valence-corrected chi connectivity index (χ3v) is 5.47. The van der Waals surface area contributed by atoms with Gasteiger partial charge in [-0.05, 0) is 13.3 Å². The number of nitrogens with zero attached hydrogens (tertiary/aromatic N) is 6. The Labute approximate surface area is 161 Å². The van der Waals surface area contributed by atoms with Crippen LogP contribution in [0.3, 0.4) is 0 Å². The van der Waals surface area contributed by atoms with Gasteiger partial charge in [-0.25, -0.2) is 0 Å². The normalized spacial score (nSPS) is 22.4. The Morgan fingerprint density at radius 3 is 2.68 bits per heavy atom. The zero-order chi connectivity index (χ0) is 20.1. The summed E-state index contributed by atoms with van der Waals surface area (Å²) in [4.78, 5) is 42.7. The highest BCUT2D eigenvalue weighted by Crippen LogP contribution is 2.35. The van der Waals surface area contributed by atoms with Crippen molar-refractivity contribution in [2.75, 3.05) is 31.1 Å². The molecule has 2 aliphatic heterocycles. The van der Waals surface area contributed by atoms with E-state index in [-0.39, 0.29) is 30.0 Å². The molecule has 4 rings (SSSR count). The molecule has 2 aliphatic rings. The van der Waals surface area contributed by atoms with Gasteiger partial charge in [0.25, 0.3) is 5.91 Å². The van der Waals surface area contributed by atoms with E-state index in [2.05, 4.69) is 10.3 Å². The minimum Gasteiger partial charge on any atom is -0.361 e. The van der Waals surface area contributed by atoms with E-state index in [1.54, 1.807) is 51.8 Å². The SMILES string of the molecule is CC(=O)N1CC(=O)N(c2cnn(C)c2)CC12CCN(C(=O)c1cc(C)on1)C2. The van der Waals surface area contributed by atoms with E-state index in [0.29, 0.717) is 37.5 Å². The van der Waals surface area contributed by atoms with Crippen molar-refractivity contribution in [2.24, 2.45) is 7.05 Å². The number of carbonyl (C=O) groups excluding carboxylic acids is 3. The van der Waals surface area contributed by atoms with E-state index >= 15 is 0 Å². The van der Waals surface area contributed by atoms with Crippen molar-refractivity contribution in [3.8, 4) is 0 Å². The molecular weight excluding hydrogens is 364 g/mol. The minimum atomic E-state index is -0.635. The molecular formula is C18H22N6O4. The highest BCUT2D eigenvalue weighted by molar-refractivity contribution is 5.98. The van der Waals surface area contributed by atoms with Gasteiger partial charge in [-0.15, -0.1) is 0 Å². The van der Waals surface area contributed by atoms with Gasteiger partial charge in [0.2, 0.25) is 11.8 Å². The summed E-state index contributed by atoms with van der Waals surface area (Å²) < 4.78 is 6.64. The number of carbonyl (C=O) groups is 3. The van der Waals surface area contributed by atoms with Crippen LogP contribution in [0.5, 0.6) is 0 Å². The van der Waals surface area contributed by atoms with Crippen LogP contribution in [-0.4, -0.2) is 74.2 Å². The molecule has 148 valence electrons. The molecule has 1 spiro atoms. The number of aromatic nitrogens is 3. The van der Waals surface area contributed by atoms with Gasteiger partial charge in [0.1, 0.15) is 12.3 Å². The summed E-state index contributed by atoms with van der Waals surface area (Å²) in [5.74, 6) is -0.00723. The van der Waals surface area contributed by atoms with E-state index < -0.39 is 5.54 Å². The highest BCUT2D eigenvalue weighted by Gasteiger charge is 2.51. The Kier molecular flexibility index (Phi) is 4.20. The van der Waals surface area contributed by atoms with Crippen LogP contribution in [0.2, 0.25) is 0 Å². The third-order valence-electron chi connectivity index (χ3n) is 5.47. The van der Waals surface area contributed by atoms with Crippen LogP contribution in [0.1, 0.15) is 29.6 Å². The number of hydrogen-bond donors (Lipinski definition) is 0. The minimum absolute atomic E-state index is 0.0185. The number of piperazine rings is 1. The van der Waals surface area contributed by atoms with Crippen molar-refractivity contribution < 1.29 is 18.9 Å². The number of anilines is 1. The van der Waals surface area contributed by atoms with Crippen molar-refractivity contribution in [1.82, 2.24) is 24.7 Å². The zero-order valence-electron chi connectivity index (χ0n) is 16.1. The van der Waals surface area contributed by atoms with Crippen molar-refractivity contribution in [3.05, 3.63) is 29.9 Å². The van der Waals surface area contributed by atoms with E-state index in [4.69, 9.17) is 4.52 Å². The molecule has 3 amide bonds. The van der Waals surface area contributed by atoms with Crippen molar-refractivity contribution in [2.45, 2.75) is 25.8 Å². The first-order valence-electron chi connectivity index (χ1n) is 9.09. The molecule has 2 aromatic rings. The molecule has 0 N–H and O–H groups in total. The molecule has 10 heteroatoms. The molecule has 2 saturated heterocycles. The Morgan fingerprint density at radius 1 is 1.29 bits per heavy atom. The van der Waals surface area contributed by atoms with Crippen LogP contribution in [0.15, 0.2) is 23.0 Å². The summed E-state index contributed by atoms with van der Waals surface area (Å²) in [6.45, 7) is 4.30. The van der Waals surface area contributed by atoms with Crippen molar-refractivity contribution >= 4 is 23.4 Å². The Morgan fingerprint density at radius 2 is 2.07 bits per heavy atom. The van der Waals surface area contributed by atoms with Crippen LogP contribution in [0.25, 0.3) is 0 Å². The first-order chi connectivity index (χ1) is 13.3. The molecule has 0 aliphatic carbocycles. The Balaban J connectivity index is 1.62. The van der Waals surface area contributed by atoms with Crippen LogP contribution in [0.4, 0.5) is 5.69 Å². The fourth-order valence-corrected chi connectivity index (χ4v) is 4.09. The fraction of sp³-hybridized carbons (Fsp3) is 0.500. The molecule has 2 fully saturated rings. The monoisotopic (exact) mass is 386 g/mol. The van der Waals surface area contributed by atoms with Gasteiger partial charge in [-0.3, -0.25) is 19.1 Å². The second kappa shape index (κ2) is 6.47. The summed E-state index contributed by atoms with van der Waals surface area (Å²) in [5, 5.41) is 7.94. The smallest absolute Gasteiger partial charge is 0.276 e. The number of likely N-dealkylation sites (tertiary alicyclic amines) is 1. The molecule has 1 atom stereocenters. The number of aryl methyl sites for hydroxylation is 2. The lowest BCUT2D eigenvalue weighted by atomic mass is 9.92. The predicted molar refractivity (Wildman–Crippen MR) is 97.4 cm³/mol. The fourth-order valence-electron chi connectivity index (χ4n) is 4.09. The standard InChI is InChI=1S/C18H22N6O4/c1-12-6-15(20-28-12)17(27)22-5-4-18(10-22)11-23(14-7-19-21(3)8-14)16(26)9-24(18)13(2)25/h6-8H,4-5,9-11H2,1-3H3. The summed E-state index contributed by atoms with van der Waals surface area (Å²) in [6, 6.07) is 1.60. The lowest BCUT2D eigenvalue weighted by Gasteiger charge is -2.47. The largest absolute Gasteiger partial charge is 0.361 e. The number of rotatable bonds is 2. The van der Waals surface area contributed by atoms with Gasteiger partial charge in [0.15, 0.2) is 5.69 Å². The first-order valence-corrected chi connectivity index (χ1v) is 9.09. The molecule has 0 saturated carbocycles. The summed E-state index contributed by atoms with van der Waals surface area (Å²) in [7, 11) is 1.78. The second-order valence-corrected chi connectivity index (χ2v) is 7.48. The van der Waals surface area contributed by atoms with E-state index in [1.807, 2.05) is 0 Å². The summed E-state index contributed by atoms with van der Waals surface area (Å²) >= 11 is 0. The Bertz CT molecular complexity index is 950. The van der Waals surface area contributed by atoms with E-state index in [9.17, 15) is 14.4 Å². The molecule has 4 heterocycles.